The van der Waals surface area contributed by atoms with Gasteiger partial charge in [-0.2, -0.15) is 0 Å². The lowest BCUT2D eigenvalue weighted by Gasteiger charge is -2.26. The van der Waals surface area contributed by atoms with Gasteiger partial charge in [-0.25, -0.2) is 0 Å². The van der Waals surface area contributed by atoms with Gasteiger partial charge < -0.3 is 10.2 Å². The van der Waals surface area contributed by atoms with Gasteiger partial charge in [-0.05, 0) is 47.7 Å². The van der Waals surface area contributed by atoms with Crippen molar-refractivity contribution < 1.29 is 9.59 Å². The van der Waals surface area contributed by atoms with E-state index in [1.807, 2.05) is 54.6 Å². The molecular formula is C22H19ClN2O2S. The summed E-state index contributed by atoms with van der Waals surface area (Å²) in [7, 11) is 1.78. The second kappa shape index (κ2) is 7.86. The molecule has 0 saturated heterocycles. The highest BCUT2D eigenvalue weighted by atomic mass is 35.5. The third-order valence-corrected chi connectivity index (χ3v) is 6.25. The van der Waals surface area contributed by atoms with E-state index in [4.69, 9.17) is 11.6 Å². The molecule has 0 saturated carbocycles. The van der Waals surface area contributed by atoms with Gasteiger partial charge in [0.25, 0.3) is 0 Å². The monoisotopic (exact) mass is 410 g/mol. The summed E-state index contributed by atoms with van der Waals surface area (Å²) in [5, 5.41) is 5.68. The number of fused-ring (bicyclic) bond motifs is 2. The standard InChI is InChI=1S/C22H19ClN2O2S/c1-25-18-10-9-16(12-15(18)8-11-21(25)27)24-20(26)13-28-19-7-3-5-14-4-2-6-17(23)22(14)19/h2-7,9-10,12H,8,11,13H2,1H3,(H,24,26). The van der Waals surface area contributed by atoms with Gasteiger partial charge in [0.1, 0.15) is 0 Å². The van der Waals surface area contributed by atoms with E-state index >= 15 is 0 Å². The number of anilines is 2. The largest absolute Gasteiger partial charge is 0.325 e. The van der Waals surface area contributed by atoms with Gasteiger partial charge in [-0.1, -0.05) is 35.9 Å². The summed E-state index contributed by atoms with van der Waals surface area (Å²) in [5.74, 6) is 0.337. The van der Waals surface area contributed by atoms with Crippen molar-refractivity contribution in [1.82, 2.24) is 0 Å². The van der Waals surface area contributed by atoms with E-state index in [9.17, 15) is 9.59 Å². The predicted octanol–water partition coefficient (Wildman–Crippen LogP) is 5.13. The number of benzene rings is 3. The third-order valence-electron chi connectivity index (χ3n) is 4.88. The Kier molecular flexibility index (Phi) is 5.29. The van der Waals surface area contributed by atoms with Crippen LogP contribution in [0.25, 0.3) is 10.8 Å². The fourth-order valence-electron chi connectivity index (χ4n) is 3.46. The summed E-state index contributed by atoms with van der Waals surface area (Å²) in [6, 6.07) is 17.5. The maximum Gasteiger partial charge on any atom is 0.234 e. The molecule has 4 nitrogen and oxygen atoms in total. The first kappa shape index (κ1) is 18.8. The molecule has 1 heterocycles. The lowest BCUT2D eigenvalue weighted by molar-refractivity contribution is -0.118. The molecule has 4 rings (SSSR count). The summed E-state index contributed by atoms with van der Waals surface area (Å²) in [4.78, 5) is 26.9. The molecule has 0 spiro atoms. The van der Waals surface area contributed by atoms with Gasteiger partial charge in [-0.3, -0.25) is 9.59 Å². The van der Waals surface area contributed by atoms with Gasteiger partial charge >= 0.3 is 0 Å². The van der Waals surface area contributed by atoms with Crippen LogP contribution < -0.4 is 10.2 Å². The minimum absolute atomic E-state index is 0.0748. The summed E-state index contributed by atoms with van der Waals surface area (Å²) in [6.07, 6.45) is 1.20. The number of amides is 2. The Balaban J connectivity index is 1.45. The topological polar surface area (TPSA) is 49.4 Å². The summed E-state index contributed by atoms with van der Waals surface area (Å²) >= 11 is 7.83. The Morgan fingerprint density at radius 3 is 2.75 bits per heavy atom. The second-order valence-electron chi connectivity index (χ2n) is 6.73. The van der Waals surface area contributed by atoms with Crippen LogP contribution >= 0.6 is 23.4 Å². The highest BCUT2D eigenvalue weighted by molar-refractivity contribution is 8.00. The number of thioether (sulfide) groups is 1. The number of aryl methyl sites for hydroxylation is 1. The number of carbonyl (C=O) groups is 2. The van der Waals surface area contributed by atoms with E-state index in [1.165, 1.54) is 11.8 Å². The Labute approximate surface area is 172 Å². The number of hydrogen-bond donors (Lipinski definition) is 1. The molecule has 0 radical (unpaired) electrons. The first-order valence-electron chi connectivity index (χ1n) is 9.02. The Hall–Kier alpha value is -2.50. The molecule has 1 aliphatic heterocycles. The Bertz CT molecular complexity index is 1080. The molecule has 0 fully saturated rings. The van der Waals surface area contributed by atoms with Gasteiger partial charge in [0.15, 0.2) is 0 Å². The highest BCUT2D eigenvalue weighted by Crippen LogP contribution is 2.33. The molecule has 2 amide bonds. The van der Waals surface area contributed by atoms with Gasteiger partial charge in [0.2, 0.25) is 11.8 Å². The Morgan fingerprint density at radius 1 is 1.14 bits per heavy atom. The van der Waals surface area contributed by atoms with Crippen LogP contribution in [0.15, 0.2) is 59.5 Å². The van der Waals surface area contributed by atoms with Gasteiger partial charge in [0, 0.05) is 40.1 Å². The van der Waals surface area contributed by atoms with E-state index in [0.717, 1.165) is 32.6 Å². The van der Waals surface area contributed by atoms with Crippen LogP contribution in [0.2, 0.25) is 5.02 Å². The molecule has 3 aromatic carbocycles. The minimum Gasteiger partial charge on any atom is -0.325 e. The SMILES string of the molecule is CN1C(=O)CCc2cc(NC(=O)CSc3cccc4cccc(Cl)c34)ccc21. The zero-order chi connectivity index (χ0) is 19.7. The fourth-order valence-corrected chi connectivity index (χ4v) is 4.70. The lowest BCUT2D eigenvalue weighted by atomic mass is 10.0. The zero-order valence-corrected chi connectivity index (χ0v) is 16.9. The van der Waals surface area contributed by atoms with Crippen LogP contribution in [-0.4, -0.2) is 24.6 Å². The molecule has 28 heavy (non-hydrogen) atoms. The molecule has 3 aromatic rings. The van der Waals surface area contributed by atoms with E-state index in [2.05, 4.69) is 5.32 Å². The molecule has 0 bridgehead atoms. The van der Waals surface area contributed by atoms with Crippen LogP contribution in [0, 0.1) is 0 Å². The molecule has 1 N–H and O–H groups in total. The third kappa shape index (κ3) is 3.73. The Morgan fingerprint density at radius 2 is 1.93 bits per heavy atom. The second-order valence-corrected chi connectivity index (χ2v) is 8.15. The molecule has 0 aliphatic carbocycles. The average molecular weight is 411 g/mol. The van der Waals surface area contributed by atoms with Crippen LogP contribution in [0.3, 0.4) is 0 Å². The van der Waals surface area contributed by atoms with Crippen molar-refractivity contribution in [2.75, 3.05) is 23.0 Å². The molecule has 0 unspecified atom stereocenters. The van der Waals surface area contributed by atoms with Crippen molar-refractivity contribution in [2.45, 2.75) is 17.7 Å². The van der Waals surface area contributed by atoms with Crippen molar-refractivity contribution in [2.24, 2.45) is 0 Å². The smallest absolute Gasteiger partial charge is 0.234 e. The predicted molar refractivity (Wildman–Crippen MR) is 116 cm³/mol. The number of halogens is 1. The molecule has 142 valence electrons. The van der Waals surface area contributed by atoms with Crippen LogP contribution in [0.1, 0.15) is 12.0 Å². The minimum atomic E-state index is -0.0748. The van der Waals surface area contributed by atoms with E-state index in [-0.39, 0.29) is 11.8 Å². The maximum absolute atomic E-state index is 12.5. The quantitative estimate of drug-likeness (QED) is 0.606. The molecular weight excluding hydrogens is 392 g/mol. The molecule has 0 atom stereocenters. The van der Waals surface area contributed by atoms with E-state index < -0.39 is 0 Å². The summed E-state index contributed by atoms with van der Waals surface area (Å²) in [6.45, 7) is 0. The van der Waals surface area contributed by atoms with Crippen molar-refractivity contribution in [3.05, 3.63) is 65.2 Å². The normalized spacial score (nSPS) is 13.5. The highest BCUT2D eigenvalue weighted by Gasteiger charge is 2.21. The van der Waals surface area contributed by atoms with Crippen molar-refractivity contribution in [1.29, 1.82) is 0 Å². The summed E-state index contributed by atoms with van der Waals surface area (Å²) < 4.78 is 0. The molecule has 6 heteroatoms. The number of nitrogens with one attached hydrogen (secondary N) is 1. The fraction of sp³-hybridized carbons (Fsp3) is 0.182. The zero-order valence-electron chi connectivity index (χ0n) is 15.4. The average Bonchev–Trinajstić information content (AvgIpc) is 2.69. The maximum atomic E-state index is 12.5. The number of rotatable bonds is 4. The number of nitrogens with zero attached hydrogens (tertiary/aromatic N) is 1. The van der Waals surface area contributed by atoms with Crippen LogP contribution in [0.4, 0.5) is 11.4 Å². The van der Waals surface area contributed by atoms with Crippen molar-refractivity contribution in [3.8, 4) is 0 Å². The van der Waals surface area contributed by atoms with Gasteiger partial charge in [-0.15, -0.1) is 11.8 Å². The first-order valence-corrected chi connectivity index (χ1v) is 10.4. The van der Waals surface area contributed by atoms with Crippen LogP contribution in [-0.2, 0) is 16.0 Å². The molecule has 0 aromatic heterocycles. The summed E-state index contributed by atoms with van der Waals surface area (Å²) in [5.41, 5.74) is 2.74. The van der Waals surface area contributed by atoms with Crippen molar-refractivity contribution >= 4 is 57.3 Å². The first-order chi connectivity index (χ1) is 13.5. The lowest BCUT2D eigenvalue weighted by Crippen LogP contribution is -2.31. The van der Waals surface area contributed by atoms with Crippen LogP contribution in [0.5, 0.6) is 0 Å². The van der Waals surface area contributed by atoms with E-state index in [0.29, 0.717) is 23.6 Å². The molecule has 1 aliphatic rings. The van der Waals surface area contributed by atoms with Crippen molar-refractivity contribution in [3.63, 3.8) is 0 Å². The van der Waals surface area contributed by atoms with Gasteiger partial charge in [0.05, 0.1) is 5.75 Å². The number of hydrogen-bond acceptors (Lipinski definition) is 3. The number of carbonyl (C=O) groups excluding carboxylic acids is 2. The van der Waals surface area contributed by atoms with E-state index in [1.54, 1.807) is 11.9 Å².